The standard InChI is InChI=1S/C10H7BrO2/c11-8-3-1-2-7-6(8)4-5-9(12)10(7)13/h1-5,12-13H. The first-order chi connectivity index (χ1) is 6.20. The number of hydrogen-bond donors (Lipinski definition) is 2. The molecule has 0 spiro atoms. The molecule has 0 fully saturated rings. The van der Waals surface area contributed by atoms with Gasteiger partial charge in [-0.3, -0.25) is 0 Å². The molecular weight excluding hydrogens is 232 g/mol. The highest BCUT2D eigenvalue weighted by Crippen LogP contribution is 2.36. The van der Waals surface area contributed by atoms with Crippen molar-refractivity contribution >= 4 is 26.7 Å². The quantitative estimate of drug-likeness (QED) is 0.693. The van der Waals surface area contributed by atoms with Crippen LogP contribution in [0.15, 0.2) is 34.8 Å². The van der Waals surface area contributed by atoms with E-state index < -0.39 is 0 Å². The fourth-order valence-corrected chi connectivity index (χ4v) is 1.79. The Morgan fingerprint density at radius 1 is 0.923 bits per heavy atom. The number of phenolic OH excluding ortho intramolecular Hbond substituents is 2. The molecule has 3 heteroatoms. The van der Waals surface area contributed by atoms with E-state index in [-0.39, 0.29) is 11.5 Å². The van der Waals surface area contributed by atoms with Gasteiger partial charge in [0.15, 0.2) is 11.5 Å². The highest BCUT2D eigenvalue weighted by Gasteiger charge is 2.05. The Labute approximate surface area is 83.6 Å². The number of aromatic hydroxyl groups is 2. The fourth-order valence-electron chi connectivity index (χ4n) is 1.29. The summed E-state index contributed by atoms with van der Waals surface area (Å²) < 4.78 is 0.903. The van der Waals surface area contributed by atoms with Crippen LogP contribution in [0.4, 0.5) is 0 Å². The largest absolute Gasteiger partial charge is 0.504 e. The van der Waals surface area contributed by atoms with Gasteiger partial charge in [0.2, 0.25) is 0 Å². The second kappa shape index (κ2) is 2.92. The van der Waals surface area contributed by atoms with Crippen LogP contribution in [0, 0.1) is 0 Å². The van der Waals surface area contributed by atoms with E-state index in [9.17, 15) is 10.2 Å². The molecule has 0 aromatic heterocycles. The van der Waals surface area contributed by atoms with Crippen molar-refractivity contribution in [3.8, 4) is 11.5 Å². The van der Waals surface area contributed by atoms with Crippen molar-refractivity contribution in [1.29, 1.82) is 0 Å². The van der Waals surface area contributed by atoms with Crippen molar-refractivity contribution in [3.05, 3.63) is 34.8 Å². The molecule has 0 bridgehead atoms. The minimum atomic E-state index is -0.0920. The molecule has 0 saturated carbocycles. The molecule has 2 nitrogen and oxygen atoms in total. The van der Waals surface area contributed by atoms with Crippen LogP contribution in [0.2, 0.25) is 0 Å². The van der Waals surface area contributed by atoms with Gasteiger partial charge in [0.25, 0.3) is 0 Å². The molecule has 2 aromatic carbocycles. The van der Waals surface area contributed by atoms with Crippen LogP contribution in [-0.4, -0.2) is 10.2 Å². The lowest BCUT2D eigenvalue weighted by atomic mass is 10.1. The van der Waals surface area contributed by atoms with E-state index in [4.69, 9.17) is 0 Å². The summed E-state index contributed by atoms with van der Waals surface area (Å²) in [4.78, 5) is 0. The van der Waals surface area contributed by atoms with Crippen LogP contribution in [-0.2, 0) is 0 Å². The molecule has 2 aromatic rings. The highest BCUT2D eigenvalue weighted by molar-refractivity contribution is 9.10. The van der Waals surface area contributed by atoms with Gasteiger partial charge in [-0.25, -0.2) is 0 Å². The minimum Gasteiger partial charge on any atom is -0.504 e. The van der Waals surface area contributed by atoms with Gasteiger partial charge in [-0.15, -0.1) is 0 Å². The normalized spacial score (nSPS) is 10.5. The van der Waals surface area contributed by atoms with Gasteiger partial charge in [0, 0.05) is 9.86 Å². The molecule has 0 heterocycles. The van der Waals surface area contributed by atoms with Gasteiger partial charge in [-0.05, 0) is 23.6 Å². The first-order valence-electron chi connectivity index (χ1n) is 3.79. The Morgan fingerprint density at radius 3 is 2.46 bits per heavy atom. The summed E-state index contributed by atoms with van der Waals surface area (Å²) >= 11 is 3.36. The third-order valence-corrected chi connectivity index (χ3v) is 2.65. The zero-order valence-electron chi connectivity index (χ0n) is 6.66. The summed E-state index contributed by atoms with van der Waals surface area (Å²) in [6.45, 7) is 0. The molecule has 0 aliphatic carbocycles. The Morgan fingerprint density at radius 2 is 1.69 bits per heavy atom. The Balaban J connectivity index is 2.94. The van der Waals surface area contributed by atoms with Gasteiger partial charge in [-0.2, -0.15) is 0 Å². The van der Waals surface area contributed by atoms with E-state index in [1.807, 2.05) is 12.1 Å². The number of benzene rings is 2. The molecule has 0 aliphatic rings. The van der Waals surface area contributed by atoms with E-state index in [1.54, 1.807) is 12.1 Å². The van der Waals surface area contributed by atoms with Gasteiger partial charge in [0.05, 0.1) is 0 Å². The van der Waals surface area contributed by atoms with Crippen LogP contribution >= 0.6 is 15.9 Å². The lowest BCUT2D eigenvalue weighted by molar-refractivity contribution is 0.408. The minimum absolute atomic E-state index is 0.0706. The summed E-state index contributed by atoms with van der Waals surface area (Å²) in [5, 5.41) is 20.3. The average Bonchev–Trinajstić information content (AvgIpc) is 2.12. The summed E-state index contributed by atoms with van der Waals surface area (Å²) in [6, 6.07) is 8.69. The number of halogens is 1. The maximum absolute atomic E-state index is 9.51. The summed E-state index contributed by atoms with van der Waals surface area (Å²) in [7, 11) is 0. The molecule has 0 atom stereocenters. The molecule has 0 radical (unpaired) electrons. The predicted molar refractivity (Wildman–Crippen MR) is 55.0 cm³/mol. The van der Waals surface area contributed by atoms with Crippen molar-refractivity contribution in [1.82, 2.24) is 0 Å². The average molecular weight is 239 g/mol. The predicted octanol–water partition coefficient (Wildman–Crippen LogP) is 3.01. The van der Waals surface area contributed by atoms with Crippen molar-refractivity contribution < 1.29 is 10.2 Å². The summed E-state index contributed by atoms with van der Waals surface area (Å²) in [5.74, 6) is -0.163. The molecule has 0 saturated heterocycles. The second-order valence-electron chi connectivity index (χ2n) is 2.77. The molecular formula is C10H7BrO2. The monoisotopic (exact) mass is 238 g/mol. The number of fused-ring (bicyclic) bond motifs is 1. The van der Waals surface area contributed by atoms with E-state index in [0.29, 0.717) is 5.39 Å². The molecule has 2 rings (SSSR count). The Kier molecular flexibility index (Phi) is 1.88. The van der Waals surface area contributed by atoms with Gasteiger partial charge in [-0.1, -0.05) is 28.1 Å². The maximum atomic E-state index is 9.51. The van der Waals surface area contributed by atoms with Gasteiger partial charge < -0.3 is 10.2 Å². The zero-order chi connectivity index (χ0) is 9.42. The van der Waals surface area contributed by atoms with Gasteiger partial charge in [0.1, 0.15) is 0 Å². The van der Waals surface area contributed by atoms with Crippen LogP contribution in [0.3, 0.4) is 0 Å². The van der Waals surface area contributed by atoms with E-state index in [0.717, 1.165) is 9.86 Å². The Hall–Kier alpha value is -1.22. The lowest BCUT2D eigenvalue weighted by Gasteiger charge is -2.03. The third-order valence-electron chi connectivity index (χ3n) is 1.96. The molecule has 0 unspecified atom stereocenters. The second-order valence-corrected chi connectivity index (χ2v) is 3.62. The zero-order valence-corrected chi connectivity index (χ0v) is 8.25. The first kappa shape index (κ1) is 8.38. The summed E-state index contributed by atoms with van der Waals surface area (Å²) in [5.41, 5.74) is 0. The fraction of sp³-hybridized carbons (Fsp3) is 0. The van der Waals surface area contributed by atoms with Crippen molar-refractivity contribution in [2.75, 3.05) is 0 Å². The van der Waals surface area contributed by atoms with Gasteiger partial charge >= 0.3 is 0 Å². The van der Waals surface area contributed by atoms with Crippen molar-refractivity contribution in [3.63, 3.8) is 0 Å². The molecule has 13 heavy (non-hydrogen) atoms. The Bertz CT molecular complexity index is 466. The van der Waals surface area contributed by atoms with E-state index >= 15 is 0 Å². The maximum Gasteiger partial charge on any atom is 0.165 e. The molecule has 2 N–H and O–H groups in total. The van der Waals surface area contributed by atoms with Crippen LogP contribution < -0.4 is 0 Å². The van der Waals surface area contributed by atoms with Crippen molar-refractivity contribution in [2.24, 2.45) is 0 Å². The smallest absolute Gasteiger partial charge is 0.165 e. The topological polar surface area (TPSA) is 40.5 Å². The van der Waals surface area contributed by atoms with Crippen LogP contribution in [0.25, 0.3) is 10.8 Å². The molecule has 66 valence electrons. The lowest BCUT2D eigenvalue weighted by Crippen LogP contribution is -1.76. The summed E-state index contributed by atoms with van der Waals surface area (Å²) in [6.07, 6.45) is 0. The molecule has 0 aliphatic heterocycles. The number of rotatable bonds is 0. The first-order valence-corrected chi connectivity index (χ1v) is 4.58. The van der Waals surface area contributed by atoms with E-state index in [2.05, 4.69) is 15.9 Å². The number of hydrogen-bond acceptors (Lipinski definition) is 2. The van der Waals surface area contributed by atoms with Crippen LogP contribution in [0.5, 0.6) is 11.5 Å². The molecule has 0 amide bonds. The van der Waals surface area contributed by atoms with E-state index in [1.165, 1.54) is 6.07 Å². The third kappa shape index (κ3) is 1.25. The number of phenols is 2. The SMILES string of the molecule is Oc1ccc2c(Br)cccc2c1O. The highest BCUT2D eigenvalue weighted by atomic mass is 79.9. The van der Waals surface area contributed by atoms with Crippen LogP contribution in [0.1, 0.15) is 0 Å². The van der Waals surface area contributed by atoms with Crippen molar-refractivity contribution in [2.45, 2.75) is 0 Å².